The molecule has 1 aromatic carbocycles. The SMILES string of the molecule is N#Cc1ccc(OC2COCCC2NC(=O)CCc2ccncc2)cc1. The smallest absolute Gasteiger partial charge is 0.220 e. The largest absolute Gasteiger partial charge is 0.486 e. The number of aryl methyl sites for hydroxylation is 1. The van der Waals surface area contributed by atoms with Crippen molar-refractivity contribution < 1.29 is 14.3 Å². The highest BCUT2D eigenvalue weighted by molar-refractivity contribution is 5.76. The summed E-state index contributed by atoms with van der Waals surface area (Å²) in [6.45, 7) is 1.03. The zero-order valence-corrected chi connectivity index (χ0v) is 14.4. The molecule has 0 saturated carbocycles. The van der Waals surface area contributed by atoms with Crippen molar-refractivity contribution in [2.45, 2.75) is 31.4 Å². The maximum Gasteiger partial charge on any atom is 0.220 e. The molecule has 0 radical (unpaired) electrons. The minimum absolute atomic E-state index is 0.00198. The van der Waals surface area contributed by atoms with E-state index in [0.717, 1.165) is 5.56 Å². The van der Waals surface area contributed by atoms with Crippen molar-refractivity contribution in [1.29, 1.82) is 5.26 Å². The normalized spacial score (nSPS) is 19.3. The summed E-state index contributed by atoms with van der Waals surface area (Å²) in [6.07, 6.45) is 5.02. The van der Waals surface area contributed by atoms with Gasteiger partial charge in [-0.05, 0) is 54.8 Å². The average Bonchev–Trinajstić information content (AvgIpc) is 2.69. The summed E-state index contributed by atoms with van der Waals surface area (Å²) in [6, 6.07) is 12.8. The number of carbonyl (C=O) groups excluding carboxylic acids is 1. The molecule has 2 unspecified atom stereocenters. The summed E-state index contributed by atoms with van der Waals surface area (Å²) < 4.78 is 11.5. The van der Waals surface area contributed by atoms with Gasteiger partial charge in [-0.15, -0.1) is 0 Å². The van der Waals surface area contributed by atoms with E-state index in [4.69, 9.17) is 14.7 Å². The first kappa shape index (κ1) is 17.9. The molecular weight excluding hydrogens is 330 g/mol. The first-order valence-corrected chi connectivity index (χ1v) is 8.67. The van der Waals surface area contributed by atoms with Gasteiger partial charge in [0.15, 0.2) is 0 Å². The summed E-state index contributed by atoms with van der Waals surface area (Å²) in [5.74, 6) is 0.665. The summed E-state index contributed by atoms with van der Waals surface area (Å²) >= 11 is 0. The number of carbonyl (C=O) groups is 1. The molecule has 0 spiro atoms. The summed E-state index contributed by atoms with van der Waals surface area (Å²) in [4.78, 5) is 16.3. The Morgan fingerprint density at radius 3 is 2.77 bits per heavy atom. The van der Waals surface area contributed by atoms with Crippen LogP contribution in [0.4, 0.5) is 0 Å². The second kappa shape index (κ2) is 8.97. The molecule has 1 amide bonds. The van der Waals surface area contributed by atoms with E-state index < -0.39 is 0 Å². The van der Waals surface area contributed by atoms with Crippen LogP contribution in [0.3, 0.4) is 0 Å². The maximum atomic E-state index is 12.3. The second-order valence-corrected chi connectivity index (χ2v) is 6.19. The Bertz CT molecular complexity index is 756. The van der Waals surface area contributed by atoms with Gasteiger partial charge in [-0.1, -0.05) is 0 Å². The van der Waals surface area contributed by atoms with E-state index in [-0.39, 0.29) is 18.1 Å². The highest BCUT2D eigenvalue weighted by atomic mass is 16.5. The van der Waals surface area contributed by atoms with Gasteiger partial charge in [0.2, 0.25) is 5.91 Å². The fourth-order valence-electron chi connectivity index (χ4n) is 2.86. The molecule has 1 N–H and O–H groups in total. The van der Waals surface area contributed by atoms with E-state index in [0.29, 0.717) is 43.8 Å². The summed E-state index contributed by atoms with van der Waals surface area (Å²) in [7, 11) is 0. The van der Waals surface area contributed by atoms with Gasteiger partial charge >= 0.3 is 0 Å². The molecule has 2 heterocycles. The molecule has 134 valence electrons. The van der Waals surface area contributed by atoms with Crippen LogP contribution in [0.25, 0.3) is 0 Å². The fourth-order valence-corrected chi connectivity index (χ4v) is 2.86. The number of benzene rings is 1. The highest BCUT2D eigenvalue weighted by Crippen LogP contribution is 2.18. The molecule has 26 heavy (non-hydrogen) atoms. The quantitative estimate of drug-likeness (QED) is 0.863. The molecule has 6 nitrogen and oxygen atoms in total. The molecule has 0 bridgehead atoms. The zero-order chi connectivity index (χ0) is 18.2. The van der Waals surface area contributed by atoms with E-state index in [1.807, 2.05) is 12.1 Å². The number of rotatable bonds is 6. The van der Waals surface area contributed by atoms with Crippen molar-refractivity contribution in [2.75, 3.05) is 13.2 Å². The minimum Gasteiger partial charge on any atom is -0.486 e. The summed E-state index contributed by atoms with van der Waals surface area (Å²) in [5.41, 5.74) is 1.67. The lowest BCUT2D eigenvalue weighted by molar-refractivity contribution is -0.123. The Morgan fingerprint density at radius 1 is 1.27 bits per heavy atom. The maximum absolute atomic E-state index is 12.3. The van der Waals surface area contributed by atoms with Crippen LogP contribution < -0.4 is 10.1 Å². The van der Waals surface area contributed by atoms with Crippen molar-refractivity contribution >= 4 is 5.91 Å². The number of nitrogens with zero attached hydrogens (tertiary/aromatic N) is 2. The van der Waals surface area contributed by atoms with Crippen LogP contribution in [-0.4, -0.2) is 36.3 Å². The summed E-state index contributed by atoms with van der Waals surface area (Å²) in [5, 5.41) is 11.9. The molecular formula is C20H21N3O3. The van der Waals surface area contributed by atoms with Gasteiger partial charge in [0.1, 0.15) is 11.9 Å². The average molecular weight is 351 g/mol. The molecule has 1 fully saturated rings. The highest BCUT2D eigenvalue weighted by Gasteiger charge is 2.28. The van der Waals surface area contributed by atoms with Crippen molar-refractivity contribution in [3.8, 4) is 11.8 Å². The van der Waals surface area contributed by atoms with Crippen LogP contribution in [0.15, 0.2) is 48.8 Å². The Balaban J connectivity index is 1.54. The number of hydrogen-bond donors (Lipinski definition) is 1. The van der Waals surface area contributed by atoms with Gasteiger partial charge in [0, 0.05) is 25.4 Å². The van der Waals surface area contributed by atoms with E-state index >= 15 is 0 Å². The van der Waals surface area contributed by atoms with Crippen LogP contribution in [0, 0.1) is 11.3 Å². The van der Waals surface area contributed by atoms with Gasteiger partial charge < -0.3 is 14.8 Å². The Morgan fingerprint density at radius 2 is 2.04 bits per heavy atom. The number of aromatic nitrogens is 1. The van der Waals surface area contributed by atoms with Gasteiger partial charge in [-0.25, -0.2) is 0 Å². The lowest BCUT2D eigenvalue weighted by atomic mass is 10.0. The first-order chi connectivity index (χ1) is 12.7. The number of ether oxygens (including phenoxy) is 2. The molecule has 3 rings (SSSR count). The molecule has 1 aliphatic heterocycles. The number of nitrogens with one attached hydrogen (secondary N) is 1. The fraction of sp³-hybridized carbons (Fsp3) is 0.350. The lowest BCUT2D eigenvalue weighted by Crippen LogP contribution is -2.51. The van der Waals surface area contributed by atoms with Crippen LogP contribution in [-0.2, 0) is 16.0 Å². The third-order valence-corrected chi connectivity index (χ3v) is 4.31. The van der Waals surface area contributed by atoms with Crippen LogP contribution in [0.1, 0.15) is 24.0 Å². The van der Waals surface area contributed by atoms with Gasteiger partial charge in [-0.2, -0.15) is 5.26 Å². The first-order valence-electron chi connectivity index (χ1n) is 8.67. The number of amides is 1. The standard InChI is InChI=1S/C20H21N3O3/c21-13-16-1-4-17(5-2-16)26-19-14-25-12-9-18(19)23-20(24)6-3-15-7-10-22-11-8-15/h1-2,4-5,7-8,10-11,18-19H,3,6,9,12,14H2,(H,23,24). The number of hydrogen-bond acceptors (Lipinski definition) is 5. The predicted octanol–water partition coefficient (Wildman–Crippen LogP) is 2.24. The van der Waals surface area contributed by atoms with E-state index in [1.54, 1.807) is 36.7 Å². The monoisotopic (exact) mass is 351 g/mol. The van der Waals surface area contributed by atoms with Crippen molar-refractivity contribution in [2.24, 2.45) is 0 Å². The molecule has 6 heteroatoms. The molecule has 0 aliphatic carbocycles. The van der Waals surface area contributed by atoms with Crippen molar-refractivity contribution in [1.82, 2.24) is 10.3 Å². The third kappa shape index (κ3) is 5.04. The van der Waals surface area contributed by atoms with E-state index in [2.05, 4.69) is 16.4 Å². The topological polar surface area (TPSA) is 84.2 Å². The van der Waals surface area contributed by atoms with Crippen LogP contribution >= 0.6 is 0 Å². The van der Waals surface area contributed by atoms with E-state index in [9.17, 15) is 4.79 Å². The van der Waals surface area contributed by atoms with Crippen LogP contribution in [0.5, 0.6) is 5.75 Å². The molecule has 2 atom stereocenters. The third-order valence-electron chi connectivity index (χ3n) is 4.31. The molecule has 1 aromatic heterocycles. The van der Waals surface area contributed by atoms with Crippen molar-refractivity contribution in [3.05, 3.63) is 59.9 Å². The predicted molar refractivity (Wildman–Crippen MR) is 95.5 cm³/mol. The number of pyridine rings is 1. The van der Waals surface area contributed by atoms with E-state index in [1.165, 1.54) is 0 Å². The second-order valence-electron chi connectivity index (χ2n) is 6.19. The molecule has 1 saturated heterocycles. The van der Waals surface area contributed by atoms with Gasteiger partial charge in [0.05, 0.1) is 24.3 Å². The van der Waals surface area contributed by atoms with Gasteiger partial charge in [-0.3, -0.25) is 9.78 Å². The van der Waals surface area contributed by atoms with Crippen LogP contribution in [0.2, 0.25) is 0 Å². The number of nitriles is 1. The lowest BCUT2D eigenvalue weighted by Gasteiger charge is -2.32. The van der Waals surface area contributed by atoms with Gasteiger partial charge in [0.25, 0.3) is 0 Å². The minimum atomic E-state index is -0.249. The Hall–Kier alpha value is -2.91. The molecule has 2 aromatic rings. The zero-order valence-electron chi connectivity index (χ0n) is 14.4. The van der Waals surface area contributed by atoms with Crippen molar-refractivity contribution in [3.63, 3.8) is 0 Å². The Kier molecular flexibility index (Phi) is 6.18. The Labute approximate surface area is 152 Å². The molecule has 1 aliphatic rings.